The minimum Gasteiger partial charge on any atom is -0.356 e. The fraction of sp³-hybridized carbons (Fsp3) is 0.125. The maximum atomic E-state index is 13.5. The van der Waals surface area contributed by atoms with Gasteiger partial charge in [0, 0.05) is 34.6 Å². The number of nitrogens with zero attached hydrogens (tertiary/aromatic N) is 1. The minimum absolute atomic E-state index is 0.00117. The predicted molar refractivity (Wildman–Crippen MR) is 106 cm³/mol. The van der Waals surface area contributed by atoms with Crippen LogP contribution in [0.15, 0.2) is 72.8 Å². The summed E-state index contributed by atoms with van der Waals surface area (Å²) in [6.07, 6.45) is 0. The van der Waals surface area contributed by atoms with E-state index < -0.39 is 0 Å². The number of hydrogen-bond donors (Lipinski definition) is 1. The fourth-order valence-corrected chi connectivity index (χ4v) is 4.90. The number of rotatable bonds is 1. The van der Waals surface area contributed by atoms with Crippen LogP contribution in [-0.2, 0) is 0 Å². The summed E-state index contributed by atoms with van der Waals surface area (Å²) < 4.78 is 13.5. The third-order valence-electron chi connectivity index (χ3n) is 6.11. The molecule has 3 nitrogen and oxygen atoms in total. The monoisotopic (exact) mass is 368 g/mol. The quantitative estimate of drug-likeness (QED) is 0.504. The Kier molecular flexibility index (Phi) is 3.10. The molecular formula is C24H17FN2O. The lowest BCUT2D eigenvalue weighted by atomic mass is 9.83. The van der Waals surface area contributed by atoms with Crippen LogP contribution in [-0.4, -0.2) is 22.3 Å². The van der Waals surface area contributed by atoms with E-state index in [1.54, 1.807) is 0 Å². The molecule has 0 radical (unpaired) electrons. The van der Waals surface area contributed by atoms with Gasteiger partial charge in [0.25, 0.3) is 5.91 Å². The van der Waals surface area contributed by atoms with Gasteiger partial charge in [-0.2, -0.15) is 0 Å². The van der Waals surface area contributed by atoms with Crippen molar-refractivity contribution >= 4 is 16.8 Å². The SMILES string of the molecule is O=C1c2ccccc2C2c3[nH]c4ccccc4c3C(c3ccc(F)cc3)CN12. The van der Waals surface area contributed by atoms with Crippen LogP contribution in [0.4, 0.5) is 4.39 Å². The molecule has 6 rings (SSSR count). The van der Waals surface area contributed by atoms with Crippen LogP contribution in [0.5, 0.6) is 0 Å². The van der Waals surface area contributed by atoms with Crippen molar-refractivity contribution in [1.29, 1.82) is 0 Å². The van der Waals surface area contributed by atoms with E-state index in [1.165, 1.54) is 23.1 Å². The molecule has 0 saturated carbocycles. The van der Waals surface area contributed by atoms with Crippen LogP contribution in [0, 0.1) is 5.82 Å². The van der Waals surface area contributed by atoms with Gasteiger partial charge in [0.05, 0.1) is 6.04 Å². The zero-order chi connectivity index (χ0) is 18.8. The Morgan fingerprint density at radius 2 is 1.68 bits per heavy atom. The Morgan fingerprint density at radius 1 is 0.929 bits per heavy atom. The summed E-state index contributed by atoms with van der Waals surface area (Å²) >= 11 is 0. The van der Waals surface area contributed by atoms with E-state index in [0.717, 1.165) is 27.9 Å². The maximum Gasteiger partial charge on any atom is 0.255 e. The van der Waals surface area contributed by atoms with Crippen molar-refractivity contribution in [2.24, 2.45) is 0 Å². The number of nitrogens with one attached hydrogen (secondary N) is 1. The molecule has 4 aromatic rings. The third kappa shape index (κ3) is 2.00. The molecule has 2 atom stereocenters. The van der Waals surface area contributed by atoms with Gasteiger partial charge < -0.3 is 9.88 Å². The maximum absolute atomic E-state index is 13.5. The Hall–Kier alpha value is -3.40. The first-order valence-electron chi connectivity index (χ1n) is 9.48. The van der Waals surface area contributed by atoms with E-state index in [9.17, 15) is 9.18 Å². The zero-order valence-electron chi connectivity index (χ0n) is 15.0. The number of halogens is 1. The summed E-state index contributed by atoms with van der Waals surface area (Å²) in [6.45, 7) is 0.582. The molecule has 0 spiro atoms. The van der Waals surface area contributed by atoms with Crippen molar-refractivity contribution in [2.75, 3.05) is 6.54 Å². The van der Waals surface area contributed by atoms with Gasteiger partial charge in [-0.3, -0.25) is 4.79 Å². The van der Waals surface area contributed by atoms with E-state index in [1.807, 2.05) is 53.4 Å². The van der Waals surface area contributed by atoms with Crippen molar-refractivity contribution < 1.29 is 9.18 Å². The van der Waals surface area contributed by atoms with E-state index in [0.29, 0.717) is 6.54 Å². The smallest absolute Gasteiger partial charge is 0.255 e. The molecule has 1 aromatic heterocycles. The van der Waals surface area contributed by atoms with Gasteiger partial charge in [-0.1, -0.05) is 48.5 Å². The fourth-order valence-electron chi connectivity index (χ4n) is 4.90. The zero-order valence-corrected chi connectivity index (χ0v) is 15.0. The molecule has 2 unspecified atom stereocenters. The topological polar surface area (TPSA) is 36.1 Å². The molecule has 28 heavy (non-hydrogen) atoms. The predicted octanol–water partition coefficient (Wildman–Crippen LogP) is 5.00. The van der Waals surface area contributed by atoms with Gasteiger partial charge in [-0.15, -0.1) is 0 Å². The standard InChI is InChI=1S/C24H17FN2O/c25-15-11-9-14(10-12-15)19-13-27-23(16-5-1-2-6-17(16)24(27)28)22-21(19)18-7-3-4-8-20(18)26-22/h1-12,19,23,26H,13H2. The van der Waals surface area contributed by atoms with Gasteiger partial charge in [0.15, 0.2) is 0 Å². The Bertz CT molecular complexity index is 1240. The van der Waals surface area contributed by atoms with Gasteiger partial charge >= 0.3 is 0 Å². The average Bonchev–Trinajstić information content (AvgIpc) is 3.25. The van der Waals surface area contributed by atoms with Crippen LogP contribution in [0.2, 0.25) is 0 Å². The summed E-state index contributed by atoms with van der Waals surface area (Å²) in [5.41, 5.74) is 6.20. The van der Waals surface area contributed by atoms with Crippen LogP contribution in [0.1, 0.15) is 44.7 Å². The molecule has 2 aliphatic heterocycles. The van der Waals surface area contributed by atoms with Gasteiger partial charge in [-0.25, -0.2) is 4.39 Å². The molecule has 0 saturated heterocycles. The van der Waals surface area contributed by atoms with Crippen LogP contribution in [0.25, 0.3) is 10.9 Å². The lowest BCUT2D eigenvalue weighted by molar-refractivity contribution is 0.0727. The van der Waals surface area contributed by atoms with E-state index in [4.69, 9.17) is 0 Å². The first kappa shape index (κ1) is 15.6. The minimum atomic E-state index is -0.249. The van der Waals surface area contributed by atoms with Gasteiger partial charge in [0.1, 0.15) is 5.82 Å². The molecule has 0 aliphatic carbocycles. The first-order chi connectivity index (χ1) is 13.7. The van der Waals surface area contributed by atoms with Crippen molar-refractivity contribution in [2.45, 2.75) is 12.0 Å². The molecule has 1 amide bonds. The van der Waals surface area contributed by atoms with Crippen molar-refractivity contribution in [3.05, 3.63) is 107 Å². The van der Waals surface area contributed by atoms with Crippen LogP contribution in [0.3, 0.4) is 0 Å². The molecule has 0 bridgehead atoms. The normalized spacial score (nSPS) is 20.2. The van der Waals surface area contributed by atoms with Crippen molar-refractivity contribution in [1.82, 2.24) is 9.88 Å². The summed E-state index contributed by atoms with van der Waals surface area (Å²) in [6, 6.07) is 22.7. The highest BCUT2D eigenvalue weighted by Gasteiger charge is 2.45. The molecule has 1 N–H and O–H groups in total. The summed E-state index contributed by atoms with van der Waals surface area (Å²) in [5.74, 6) is -0.181. The molecule has 2 aliphatic rings. The van der Waals surface area contributed by atoms with Crippen LogP contribution >= 0.6 is 0 Å². The van der Waals surface area contributed by atoms with Crippen molar-refractivity contribution in [3.63, 3.8) is 0 Å². The van der Waals surface area contributed by atoms with Crippen molar-refractivity contribution in [3.8, 4) is 0 Å². The largest absolute Gasteiger partial charge is 0.356 e. The lowest BCUT2D eigenvalue weighted by Crippen LogP contribution is -2.37. The molecule has 0 fully saturated rings. The Labute approximate surface area is 161 Å². The number of amides is 1. The highest BCUT2D eigenvalue weighted by Crippen LogP contribution is 2.49. The highest BCUT2D eigenvalue weighted by molar-refractivity contribution is 6.01. The molecule has 3 heterocycles. The van der Waals surface area contributed by atoms with E-state index >= 15 is 0 Å². The first-order valence-corrected chi connectivity index (χ1v) is 9.48. The Morgan fingerprint density at radius 3 is 2.54 bits per heavy atom. The summed E-state index contributed by atoms with van der Waals surface area (Å²) in [7, 11) is 0. The molecule has 4 heteroatoms. The second-order valence-electron chi connectivity index (χ2n) is 7.55. The molecule has 136 valence electrons. The number of aromatic amines is 1. The van der Waals surface area contributed by atoms with Gasteiger partial charge in [-0.05, 0) is 41.0 Å². The second-order valence-corrected chi connectivity index (χ2v) is 7.55. The second kappa shape index (κ2) is 5.55. The summed E-state index contributed by atoms with van der Waals surface area (Å²) in [5, 5.41) is 1.17. The average molecular weight is 368 g/mol. The molecule has 3 aromatic carbocycles. The number of benzene rings is 3. The number of carbonyl (C=O) groups is 1. The molecular weight excluding hydrogens is 351 g/mol. The summed E-state index contributed by atoms with van der Waals surface area (Å²) in [4.78, 5) is 18.7. The third-order valence-corrected chi connectivity index (χ3v) is 6.11. The van der Waals surface area contributed by atoms with Crippen LogP contribution < -0.4 is 0 Å². The lowest BCUT2D eigenvalue weighted by Gasteiger charge is -2.36. The van der Waals surface area contributed by atoms with E-state index in [2.05, 4.69) is 17.1 Å². The number of carbonyl (C=O) groups excluding carboxylic acids is 1. The van der Waals surface area contributed by atoms with Gasteiger partial charge in [0.2, 0.25) is 0 Å². The highest BCUT2D eigenvalue weighted by atomic mass is 19.1. The number of hydrogen-bond acceptors (Lipinski definition) is 1. The number of para-hydroxylation sites is 1. The van der Waals surface area contributed by atoms with E-state index in [-0.39, 0.29) is 23.7 Å². The Balaban J connectivity index is 1.63. The number of aromatic nitrogens is 1. The number of fused-ring (bicyclic) bond motifs is 7. The number of H-pyrrole nitrogens is 1.